The number of rotatable bonds is 6. The number of ketones is 1. The van der Waals surface area contributed by atoms with Crippen LogP contribution in [0.3, 0.4) is 0 Å². The summed E-state index contributed by atoms with van der Waals surface area (Å²) in [4.78, 5) is 11.6. The van der Waals surface area contributed by atoms with Crippen molar-refractivity contribution < 1.29 is 13.2 Å². The standard InChI is InChI=1S/C13H18O3S/c1-11(17(2,15)16)13(14)10-6-9-12-7-4-3-5-8-12/h3-5,7-8,11H,6,9-10H2,1-2H3. The summed E-state index contributed by atoms with van der Waals surface area (Å²) in [5.41, 5.74) is 1.17. The molecule has 0 saturated carbocycles. The van der Waals surface area contributed by atoms with Crippen molar-refractivity contribution in [1.82, 2.24) is 0 Å². The third-order valence-electron chi connectivity index (χ3n) is 2.83. The normalized spacial score (nSPS) is 13.3. The van der Waals surface area contributed by atoms with E-state index in [4.69, 9.17) is 0 Å². The maximum Gasteiger partial charge on any atom is 0.157 e. The molecule has 0 radical (unpaired) electrons. The van der Waals surface area contributed by atoms with E-state index in [2.05, 4.69) is 0 Å². The molecule has 3 nitrogen and oxygen atoms in total. The number of carbonyl (C=O) groups is 1. The fourth-order valence-corrected chi connectivity index (χ4v) is 2.15. The SMILES string of the molecule is CC(C(=O)CCCc1ccccc1)S(C)(=O)=O. The van der Waals surface area contributed by atoms with Crippen molar-refractivity contribution in [3.63, 3.8) is 0 Å². The van der Waals surface area contributed by atoms with Crippen LogP contribution in [0.5, 0.6) is 0 Å². The summed E-state index contributed by atoms with van der Waals surface area (Å²) in [7, 11) is -3.25. The van der Waals surface area contributed by atoms with Gasteiger partial charge in [0, 0.05) is 12.7 Å². The molecule has 1 unspecified atom stereocenters. The minimum absolute atomic E-state index is 0.191. The molecular formula is C13H18O3S. The Kier molecular flexibility index (Phi) is 4.87. The van der Waals surface area contributed by atoms with Gasteiger partial charge in [-0.15, -0.1) is 0 Å². The molecule has 1 aromatic rings. The van der Waals surface area contributed by atoms with Gasteiger partial charge in [0.2, 0.25) is 0 Å². The molecule has 0 amide bonds. The average Bonchev–Trinajstić information content (AvgIpc) is 2.28. The van der Waals surface area contributed by atoms with Gasteiger partial charge in [-0.05, 0) is 25.3 Å². The summed E-state index contributed by atoms with van der Waals surface area (Å²) in [6, 6.07) is 9.86. The predicted molar refractivity (Wildman–Crippen MR) is 68.7 cm³/mol. The van der Waals surface area contributed by atoms with Crippen LogP contribution in [0.15, 0.2) is 30.3 Å². The summed E-state index contributed by atoms with van der Waals surface area (Å²) in [6.45, 7) is 1.46. The summed E-state index contributed by atoms with van der Waals surface area (Å²) in [6.07, 6.45) is 2.93. The van der Waals surface area contributed by atoms with Gasteiger partial charge < -0.3 is 0 Å². The van der Waals surface area contributed by atoms with Gasteiger partial charge in [0.25, 0.3) is 0 Å². The van der Waals surface area contributed by atoms with Gasteiger partial charge in [0.15, 0.2) is 15.6 Å². The lowest BCUT2D eigenvalue weighted by molar-refractivity contribution is -0.118. The number of benzene rings is 1. The molecular weight excluding hydrogens is 236 g/mol. The summed E-state index contributed by atoms with van der Waals surface area (Å²) in [5, 5.41) is -0.877. The molecule has 0 aliphatic heterocycles. The number of Topliss-reactive ketones (excluding diaryl/α,β-unsaturated/α-hetero) is 1. The van der Waals surface area contributed by atoms with Gasteiger partial charge in [-0.2, -0.15) is 0 Å². The highest BCUT2D eigenvalue weighted by Gasteiger charge is 2.22. The summed E-state index contributed by atoms with van der Waals surface area (Å²) < 4.78 is 22.4. The fraction of sp³-hybridized carbons (Fsp3) is 0.462. The lowest BCUT2D eigenvalue weighted by Gasteiger charge is -2.07. The number of sulfone groups is 1. The Morgan fingerprint density at radius 3 is 2.35 bits per heavy atom. The predicted octanol–water partition coefficient (Wildman–Crippen LogP) is 2.01. The maximum atomic E-state index is 11.6. The molecule has 0 N–H and O–H groups in total. The van der Waals surface area contributed by atoms with E-state index in [1.165, 1.54) is 12.5 Å². The van der Waals surface area contributed by atoms with E-state index in [9.17, 15) is 13.2 Å². The van der Waals surface area contributed by atoms with Gasteiger partial charge in [0.05, 0.1) is 0 Å². The van der Waals surface area contributed by atoms with Crippen LogP contribution in [0.4, 0.5) is 0 Å². The first-order valence-corrected chi connectivity index (χ1v) is 7.62. The van der Waals surface area contributed by atoms with Crippen molar-refractivity contribution in [2.24, 2.45) is 0 Å². The van der Waals surface area contributed by atoms with E-state index in [0.29, 0.717) is 12.8 Å². The van der Waals surface area contributed by atoms with E-state index in [0.717, 1.165) is 12.7 Å². The largest absolute Gasteiger partial charge is 0.298 e. The molecule has 0 aliphatic carbocycles. The second-order valence-electron chi connectivity index (χ2n) is 4.28. The van der Waals surface area contributed by atoms with Crippen LogP contribution in [0.1, 0.15) is 25.3 Å². The molecule has 1 atom stereocenters. The molecule has 17 heavy (non-hydrogen) atoms. The zero-order chi connectivity index (χ0) is 12.9. The first-order chi connectivity index (χ1) is 7.91. The maximum absolute atomic E-state index is 11.6. The number of carbonyl (C=O) groups excluding carboxylic acids is 1. The Morgan fingerprint density at radius 2 is 1.82 bits per heavy atom. The minimum atomic E-state index is -3.25. The van der Waals surface area contributed by atoms with Crippen LogP contribution in [0.2, 0.25) is 0 Å². The van der Waals surface area contributed by atoms with Crippen molar-refractivity contribution in [2.75, 3.05) is 6.26 Å². The molecule has 0 spiro atoms. The van der Waals surface area contributed by atoms with Gasteiger partial charge >= 0.3 is 0 Å². The smallest absolute Gasteiger partial charge is 0.157 e. The quantitative estimate of drug-likeness (QED) is 0.780. The van der Waals surface area contributed by atoms with Crippen molar-refractivity contribution in [1.29, 1.82) is 0 Å². The number of hydrogen-bond acceptors (Lipinski definition) is 3. The highest BCUT2D eigenvalue weighted by atomic mass is 32.2. The van der Waals surface area contributed by atoms with Crippen molar-refractivity contribution in [3.8, 4) is 0 Å². The minimum Gasteiger partial charge on any atom is -0.298 e. The van der Waals surface area contributed by atoms with Gasteiger partial charge in [0.1, 0.15) is 5.25 Å². The van der Waals surface area contributed by atoms with E-state index < -0.39 is 15.1 Å². The highest BCUT2D eigenvalue weighted by molar-refractivity contribution is 7.92. The molecule has 0 aliphatic rings. The third-order valence-corrected chi connectivity index (χ3v) is 4.37. The van der Waals surface area contributed by atoms with Crippen molar-refractivity contribution in [2.45, 2.75) is 31.4 Å². The Balaban J connectivity index is 2.40. The van der Waals surface area contributed by atoms with Crippen molar-refractivity contribution in [3.05, 3.63) is 35.9 Å². The molecule has 0 saturated heterocycles. The first kappa shape index (κ1) is 13.9. The molecule has 94 valence electrons. The Hall–Kier alpha value is -1.16. The summed E-state index contributed by atoms with van der Waals surface area (Å²) >= 11 is 0. The van der Waals surface area contributed by atoms with Crippen LogP contribution in [-0.4, -0.2) is 25.7 Å². The second kappa shape index (κ2) is 5.96. The highest BCUT2D eigenvalue weighted by Crippen LogP contribution is 2.08. The Labute approximate surface area is 103 Å². The molecule has 1 rings (SSSR count). The van der Waals surface area contributed by atoms with Gasteiger partial charge in [-0.1, -0.05) is 30.3 Å². The molecule has 4 heteroatoms. The van der Waals surface area contributed by atoms with Crippen LogP contribution >= 0.6 is 0 Å². The molecule has 0 aromatic heterocycles. The Bertz CT molecular complexity index is 463. The topological polar surface area (TPSA) is 51.2 Å². The molecule has 1 aromatic carbocycles. The third kappa shape index (κ3) is 4.69. The van der Waals surface area contributed by atoms with Crippen LogP contribution < -0.4 is 0 Å². The lowest BCUT2D eigenvalue weighted by atomic mass is 10.1. The van der Waals surface area contributed by atoms with Crippen LogP contribution in [-0.2, 0) is 21.1 Å². The Morgan fingerprint density at radius 1 is 1.24 bits per heavy atom. The molecule has 0 heterocycles. The zero-order valence-corrected chi connectivity index (χ0v) is 11.0. The van der Waals surface area contributed by atoms with E-state index >= 15 is 0 Å². The van der Waals surface area contributed by atoms with Crippen LogP contribution in [0.25, 0.3) is 0 Å². The lowest BCUT2D eigenvalue weighted by Crippen LogP contribution is -2.26. The number of hydrogen-bond donors (Lipinski definition) is 0. The van der Waals surface area contributed by atoms with Gasteiger partial charge in [-0.3, -0.25) is 4.79 Å². The first-order valence-electron chi connectivity index (χ1n) is 5.67. The van der Waals surface area contributed by atoms with E-state index in [1.54, 1.807) is 0 Å². The van der Waals surface area contributed by atoms with Gasteiger partial charge in [-0.25, -0.2) is 8.42 Å². The second-order valence-corrected chi connectivity index (χ2v) is 6.64. The average molecular weight is 254 g/mol. The summed E-state index contributed by atoms with van der Waals surface area (Å²) in [5.74, 6) is -0.191. The molecule has 0 fully saturated rings. The fourth-order valence-electron chi connectivity index (χ4n) is 1.55. The van der Waals surface area contributed by atoms with Crippen LogP contribution in [0, 0.1) is 0 Å². The zero-order valence-electron chi connectivity index (χ0n) is 10.2. The number of aryl methyl sites for hydroxylation is 1. The van der Waals surface area contributed by atoms with E-state index in [-0.39, 0.29) is 5.78 Å². The van der Waals surface area contributed by atoms with Crippen molar-refractivity contribution >= 4 is 15.6 Å². The van der Waals surface area contributed by atoms with E-state index in [1.807, 2.05) is 30.3 Å². The monoisotopic (exact) mass is 254 g/mol. The molecule has 0 bridgehead atoms.